The molecule has 0 aliphatic rings. The van der Waals surface area contributed by atoms with E-state index in [1.165, 1.54) is 0 Å². The van der Waals surface area contributed by atoms with Gasteiger partial charge in [-0.25, -0.2) is 4.98 Å². The number of hydrogen-bond donors (Lipinski definition) is 1. The van der Waals surface area contributed by atoms with Gasteiger partial charge in [-0.1, -0.05) is 30.3 Å². The van der Waals surface area contributed by atoms with E-state index < -0.39 is 0 Å². The molecule has 0 fully saturated rings. The minimum absolute atomic E-state index is 0.213. The Hall–Kier alpha value is -4.15. The number of ether oxygens (including phenoxy) is 2. The lowest BCUT2D eigenvalue weighted by Gasteiger charge is -2.13. The molecule has 3 aromatic carbocycles. The summed E-state index contributed by atoms with van der Waals surface area (Å²) in [6.07, 6.45) is 0.369. The molecule has 0 aliphatic carbocycles. The van der Waals surface area contributed by atoms with Crippen molar-refractivity contribution in [2.24, 2.45) is 0 Å². The monoisotopic (exact) mass is 469 g/mol. The normalized spacial score (nSPS) is 10.4. The summed E-state index contributed by atoms with van der Waals surface area (Å²) in [5.74, 6) is 1.16. The van der Waals surface area contributed by atoms with E-state index in [2.05, 4.69) is 16.4 Å². The average molecular weight is 470 g/mol. The topological polar surface area (TPSA) is 84.2 Å². The third kappa shape index (κ3) is 6.21. The summed E-state index contributed by atoms with van der Waals surface area (Å²) in [7, 11) is 0. The van der Waals surface area contributed by atoms with Crippen LogP contribution in [0.4, 0.5) is 5.69 Å². The first-order valence-corrected chi connectivity index (χ1v) is 11.6. The number of amides is 1. The van der Waals surface area contributed by atoms with E-state index in [1.54, 1.807) is 35.6 Å². The molecule has 0 unspecified atom stereocenters. The Morgan fingerprint density at radius 1 is 0.971 bits per heavy atom. The van der Waals surface area contributed by atoms with Crippen molar-refractivity contribution in [3.63, 3.8) is 0 Å². The quantitative estimate of drug-likeness (QED) is 0.329. The summed E-state index contributed by atoms with van der Waals surface area (Å²) in [6, 6.07) is 24.1. The number of aromatic nitrogens is 1. The van der Waals surface area contributed by atoms with Gasteiger partial charge in [0.05, 0.1) is 23.2 Å². The first kappa shape index (κ1) is 23.0. The Morgan fingerprint density at radius 3 is 2.32 bits per heavy atom. The summed E-state index contributed by atoms with van der Waals surface area (Å²) >= 11 is 1.59. The Kier molecular flexibility index (Phi) is 7.53. The summed E-state index contributed by atoms with van der Waals surface area (Å²) in [5.41, 5.74) is 3.90. The molecule has 6 nitrogen and oxygen atoms in total. The number of rotatable bonds is 9. The second kappa shape index (κ2) is 11.1. The van der Waals surface area contributed by atoms with Crippen LogP contribution < -0.4 is 14.8 Å². The number of carbonyl (C=O) groups is 1. The molecule has 0 atom stereocenters. The van der Waals surface area contributed by atoms with Gasteiger partial charge in [0.1, 0.15) is 24.7 Å². The second-order valence-corrected chi connectivity index (χ2v) is 8.61. The fourth-order valence-corrected chi connectivity index (χ4v) is 3.85. The van der Waals surface area contributed by atoms with Gasteiger partial charge in [-0.3, -0.25) is 4.79 Å². The number of anilines is 1. The van der Waals surface area contributed by atoms with Gasteiger partial charge in [-0.15, -0.1) is 11.3 Å². The van der Waals surface area contributed by atoms with Gasteiger partial charge in [-0.2, -0.15) is 5.26 Å². The highest BCUT2D eigenvalue weighted by Crippen LogP contribution is 2.21. The molecule has 34 heavy (non-hydrogen) atoms. The fraction of sp³-hybridized carbons (Fsp3) is 0.148. The van der Waals surface area contributed by atoms with E-state index in [4.69, 9.17) is 14.7 Å². The first-order chi connectivity index (χ1) is 16.6. The smallest absolute Gasteiger partial charge is 0.255 e. The number of hydrogen-bond acceptors (Lipinski definition) is 6. The third-order valence-corrected chi connectivity index (χ3v) is 5.86. The number of nitrogens with zero attached hydrogens (tertiary/aromatic N) is 2. The Balaban J connectivity index is 1.35. The van der Waals surface area contributed by atoms with Crippen molar-refractivity contribution in [1.29, 1.82) is 5.26 Å². The Morgan fingerprint density at radius 2 is 1.65 bits per heavy atom. The number of nitriles is 1. The van der Waals surface area contributed by atoms with Crippen LogP contribution in [0.5, 0.6) is 11.5 Å². The van der Waals surface area contributed by atoms with Crippen LogP contribution in [0.25, 0.3) is 0 Å². The van der Waals surface area contributed by atoms with Crippen LogP contribution in [0.2, 0.25) is 0 Å². The molecule has 0 aliphatic heterocycles. The van der Waals surface area contributed by atoms with Crippen molar-refractivity contribution in [2.45, 2.75) is 26.6 Å². The Bertz CT molecular complexity index is 1290. The van der Waals surface area contributed by atoms with Crippen molar-refractivity contribution in [3.05, 3.63) is 106 Å². The van der Waals surface area contributed by atoms with E-state index in [-0.39, 0.29) is 5.91 Å². The summed E-state index contributed by atoms with van der Waals surface area (Å²) < 4.78 is 11.6. The standard InChI is InChI=1S/C27H23N3O3S/c1-19-29-23(18-34-19)17-33-25-12-8-21(9-13-25)27(31)30-26-5-3-2-4-22(26)16-32-24-10-6-20(7-11-24)14-15-28/h2-13,18H,14,16-17H2,1H3,(H,30,31). The summed E-state index contributed by atoms with van der Waals surface area (Å²) in [4.78, 5) is 17.2. The highest BCUT2D eigenvalue weighted by molar-refractivity contribution is 7.09. The molecule has 170 valence electrons. The number of nitrogens with one attached hydrogen (secondary N) is 1. The zero-order valence-corrected chi connectivity index (χ0v) is 19.5. The maximum absolute atomic E-state index is 12.8. The van der Waals surface area contributed by atoms with Gasteiger partial charge in [0.2, 0.25) is 0 Å². The minimum atomic E-state index is -0.213. The zero-order valence-electron chi connectivity index (χ0n) is 18.7. The summed E-state index contributed by atoms with van der Waals surface area (Å²) in [6.45, 7) is 2.65. The molecular weight excluding hydrogens is 446 g/mol. The number of aryl methyl sites for hydroxylation is 1. The first-order valence-electron chi connectivity index (χ1n) is 10.7. The number of thiazole rings is 1. The molecule has 0 saturated heterocycles. The van der Waals surface area contributed by atoms with Crippen LogP contribution in [-0.4, -0.2) is 10.9 Å². The molecule has 4 aromatic rings. The van der Waals surface area contributed by atoms with E-state index >= 15 is 0 Å². The molecule has 1 amide bonds. The second-order valence-electron chi connectivity index (χ2n) is 7.55. The van der Waals surface area contributed by atoms with Gasteiger partial charge in [0.15, 0.2) is 0 Å². The number of carbonyl (C=O) groups excluding carboxylic acids is 1. The SMILES string of the molecule is Cc1nc(COc2ccc(C(=O)Nc3ccccc3COc3ccc(CC#N)cc3)cc2)cs1. The van der Waals surface area contributed by atoms with E-state index in [9.17, 15) is 4.79 Å². The van der Waals surface area contributed by atoms with Crippen molar-refractivity contribution < 1.29 is 14.3 Å². The van der Waals surface area contributed by atoms with Gasteiger partial charge >= 0.3 is 0 Å². The predicted octanol–water partition coefficient (Wildman–Crippen LogP) is 5.93. The van der Waals surface area contributed by atoms with E-state index in [0.717, 1.165) is 21.8 Å². The highest BCUT2D eigenvalue weighted by atomic mass is 32.1. The fourth-order valence-electron chi connectivity index (χ4n) is 3.25. The molecular formula is C27H23N3O3S. The number of para-hydroxylation sites is 1. The largest absolute Gasteiger partial charge is 0.489 e. The Labute approximate surface area is 202 Å². The number of benzene rings is 3. The van der Waals surface area contributed by atoms with Crippen molar-refractivity contribution in [2.75, 3.05) is 5.32 Å². The van der Waals surface area contributed by atoms with Crippen LogP contribution in [0.15, 0.2) is 78.2 Å². The van der Waals surface area contributed by atoms with Crippen LogP contribution in [-0.2, 0) is 19.6 Å². The molecule has 1 heterocycles. The molecule has 4 rings (SSSR count). The third-order valence-electron chi connectivity index (χ3n) is 5.04. The van der Waals surface area contributed by atoms with Crippen LogP contribution in [0.3, 0.4) is 0 Å². The summed E-state index contributed by atoms with van der Waals surface area (Å²) in [5, 5.41) is 14.7. The van der Waals surface area contributed by atoms with Crippen LogP contribution in [0, 0.1) is 18.3 Å². The lowest BCUT2D eigenvalue weighted by Crippen LogP contribution is -2.14. The lowest BCUT2D eigenvalue weighted by molar-refractivity contribution is 0.102. The highest BCUT2D eigenvalue weighted by Gasteiger charge is 2.10. The lowest BCUT2D eigenvalue weighted by atomic mass is 10.1. The van der Waals surface area contributed by atoms with Gasteiger partial charge in [-0.05, 0) is 55.0 Å². The minimum Gasteiger partial charge on any atom is -0.489 e. The molecule has 0 saturated carbocycles. The zero-order chi connectivity index (χ0) is 23.8. The molecule has 0 radical (unpaired) electrons. The van der Waals surface area contributed by atoms with Crippen LogP contribution >= 0.6 is 11.3 Å². The maximum atomic E-state index is 12.8. The molecule has 0 bridgehead atoms. The average Bonchev–Trinajstić information content (AvgIpc) is 3.28. The van der Waals surface area contributed by atoms with E-state index in [0.29, 0.717) is 42.4 Å². The molecule has 1 aromatic heterocycles. The van der Waals surface area contributed by atoms with Gasteiger partial charge in [0, 0.05) is 22.2 Å². The van der Waals surface area contributed by atoms with Gasteiger partial charge < -0.3 is 14.8 Å². The van der Waals surface area contributed by atoms with Crippen molar-refractivity contribution >= 4 is 22.9 Å². The maximum Gasteiger partial charge on any atom is 0.255 e. The molecule has 1 N–H and O–H groups in total. The molecule has 0 spiro atoms. The van der Waals surface area contributed by atoms with Crippen molar-refractivity contribution in [3.8, 4) is 17.6 Å². The van der Waals surface area contributed by atoms with Crippen molar-refractivity contribution in [1.82, 2.24) is 4.98 Å². The molecule has 7 heteroatoms. The van der Waals surface area contributed by atoms with Gasteiger partial charge in [0.25, 0.3) is 5.91 Å². The van der Waals surface area contributed by atoms with Crippen LogP contribution in [0.1, 0.15) is 32.2 Å². The van der Waals surface area contributed by atoms with E-state index in [1.807, 2.05) is 60.8 Å². The predicted molar refractivity (Wildman–Crippen MR) is 132 cm³/mol.